The Morgan fingerprint density at radius 3 is 2.92 bits per heavy atom. The number of halogens is 1. The van der Waals surface area contributed by atoms with E-state index >= 15 is 0 Å². The highest BCUT2D eigenvalue weighted by Crippen LogP contribution is 2.15. The van der Waals surface area contributed by atoms with Gasteiger partial charge in [0.05, 0.1) is 6.61 Å². The maximum Gasteiger partial charge on any atom is 0.0630 e. The van der Waals surface area contributed by atoms with E-state index in [4.69, 9.17) is 5.11 Å². The van der Waals surface area contributed by atoms with E-state index in [-0.39, 0.29) is 12.6 Å². The third-order valence-corrected chi connectivity index (χ3v) is 2.00. The Labute approximate surface area is 80.7 Å². The molecule has 0 heterocycles. The standard InChI is InChI=1S/C9H12BrNO/c1-7(6-12)11-9-4-2-3-8(10)5-9/h2-5,7,11-12H,6H2,1H3. The van der Waals surface area contributed by atoms with Crippen LogP contribution in [0, 0.1) is 0 Å². The van der Waals surface area contributed by atoms with Crippen molar-refractivity contribution in [2.24, 2.45) is 0 Å². The molecule has 0 aliphatic rings. The van der Waals surface area contributed by atoms with Gasteiger partial charge in [0.25, 0.3) is 0 Å². The number of nitrogens with one attached hydrogen (secondary N) is 1. The van der Waals surface area contributed by atoms with E-state index < -0.39 is 0 Å². The lowest BCUT2D eigenvalue weighted by Crippen LogP contribution is -2.18. The third-order valence-electron chi connectivity index (χ3n) is 1.51. The molecule has 1 unspecified atom stereocenters. The van der Waals surface area contributed by atoms with Crippen molar-refractivity contribution < 1.29 is 5.11 Å². The van der Waals surface area contributed by atoms with Crippen LogP contribution in [0.25, 0.3) is 0 Å². The largest absolute Gasteiger partial charge is 0.394 e. The highest BCUT2D eigenvalue weighted by molar-refractivity contribution is 9.10. The fourth-order valence-corrected chi connectivity index (χ4v) is 1.31. The van der Waals surface area contributed by atoms with Crippen LogP contribution in [-0.2, 0) is 0 Å². The lowest BCUT2D eigenvalue weighted by atomic mass is 10.3. The lowest BCUT2D eigenvalue weighted by Gasteiger charge is -2.11. The number of anilines is 1. The third kappa shape index (κ3) is 2.83. The van der Waals surface area contributed by atoms with Crippen LogP contribution in [0.15, 0.2) is 28.7 Å². The van der Waals surface area contributed by atoms with Gasteiger partial charge in [0.15, 0.2) is 0 Å². The van der Waals surface area contributed by atoms with Gasteiger partial charge in [0.2, 0.25) is 0 Å². The van der Waals surface area contributed by atoms with E-state index in [0.29, 0.717) is 0 Å². The molecule has 0 spiro atoms. The molecule has 66 valence electrons. The topological polar surface area (TPSA) is 32.3 Å². The molecule has 12 heavy (non-hydrogen) atoms. The van der Waals surface area contributed by atoms with Crippen LogP contribution in [0.2, 0.25) is 0 Å². The van der Waals surface area contributed by atoms with Gasteiger partial charge in [-0.25, -0.2) is 0 Å². The number of aliphatic hydroxyl groups excluding tert-OH is 1. The second-order valence-corrected chi connectivity index (χ2v) is 3.65. The van der Waals surface area contributed by atoms with Crippen LogP contribution < -0.4 is 5.32 Å². The van der Waals surface area contributed by atoms with Gasteiger partial charge in [0.1, 0.15) is 0 Å². The van der Waals surface area contributed by atoms with Crippen molar-refractivity contribution in [1.82, 2.24) is 0 Å². The van der Waals surface area contributed by atoms with Gasteiger partial charge >= 0.3 is 0 Å². The predicted octanol–water partition coefficient (Wildman–Crippen LogP) is 2.24. The van der Waals surface area contributed by atoms with E-state index in [2.05, 4.69) is 21.2 Å². The molecular weight excluding hydrogens is 218 g/mol. The smallest absolute Gasteiger partial charge is 0.0630 e. The Kier molecular flexibility index (Phi) is 3.56. The molecule has 0 saturated heterocycles. The van der Waals surface area contributed by atoms with E-state index in [0.717, 1.165) is 10.2 Å². The number of hydrogen-bond acceptors (Lipinski definition) is 2. The van der Waals surface area contributed by atoms with E-state index in [1.54, 1.807) is 0 Å². The highest BCUT2D eigenvalue weighted by atomic mass is 79.9. The van der Waals surface area contributed by atoms with Crippen molar-refractivity contribution in [2.45, 2.75) is 13.0 Å². The molecule has 0 aliphatic carbocycles. The zero-order chi connectivity index (χ0) is 8.97. The van der Waals surface area contributed by atoms with Crippen LogP contribution in [0.1, 0.15) is 6.92 Å². The average molecular weight is 230 g/mol. The van der Waals surface area contributed by atoms with Gasteiger partial charge in [0, 0.05) is 16.2 Å². The van der Waals surface area contributed by atoms with Crippen LogP contribution in [0.4, 0.5) is 5.69 Å². The van der Waals surface area contributed by atoms with Crippen LogP contribution in [-0.4, -0.2) is 17.8 Å². The summed E-state index contributed by atoms with van der Waals surface area (Å²) in [6.45, 7) is 2.08. The van der Waals surface area contributed by atoms with Crippen molar-refractivity contribution in [3.8, 4) is 0 Å². The first kappa shape index (κ1) is 9.55. The Hall–Kier alpha value is -0.540. The SMILES string of the molecule is CC(CO)Nc1cccc(Br)c1. The molecule has 0 saturated carbocycles. The number of benzene rings is 1. The first-order valence-corrected chi connectivity index (χ1v) is 4.64. The Balaban J connectivity index is 2.63. The molecule has 0 radical (unpaired) electrons. The Morgan fingerprint density at radius 1 is 1.58 bits per heavy atom. The van der Waals surface area contributed by atoms with Crippen molar-refractivity contribution in [1.29, 1.82) is 0 Å². The Morgan fingerprint density at radius 2 is 2.33 bits per heavy atom. The monoisotopic (exact) mass is 229 g/mol. The van der Waals surface area contributed by atoms with Gasteiger partial charge in [-0.3, -0.25) is 0 Å². The van der Waals surface area contributed by atoms with Crippen LogP contribution in [0.5, 0.6) is 0 Å². The van der Waals surface area contributed by atoms with Crippen molar-refractivity contribution in [2.75, 3.05) is 11.9 Å². The van der Waals surface area contributed by atoms with Crippen LogP contribution >= 0.6 is 15.9 Å². The summed E-state index contributed by atoms with van der Waals surface area (Å²) in [6.07, 6.45) is 0. The van der Waals surface area contributed by atoms with Gasteiger partial charge in [-0.05, 0) is 25.1 Å². The normalized spacial score (nSPS) is 12.6. The maximum absolute atomic E-state index is 8.79. The van der Waals surface area contributed by atoms with E-state index in [9.17, 15) is 0 Å². The van der Waals surface area contributed by atoms with Crippen molar-refractivity contribution in [3.05, 3.63) is 28.7 Å². The molecule has 0 bridgehead atoms. The molecule has 3 heteroatoms. The highest BCUT2D eigenvalue weighted by Gasteiger charge is 1.98. The quantitative estimate of drug-likeness (QED) is 0.834. The summed E-state index contributed by atoms with van der Waals surface area (Å²) in [5.41, 5.74) is 1.02. The molecule has 0 fully saturated rings. The summed E-state index contributed by atoms with van der Waals surface area (Å²) >= 11 is 3.37. The minimum absolute atomic E-state index is 0.0966. The summed E-state index contributed by atoms with van der Waals surface area (Å²) in [5.74, 6) is 0. The molecular formula is C9H12BrNO. The van der Waals surface area contributed by atoms with Crippen molar-refractivity contribution in [3.63, 3.8) is 0 Å². The summed E-state index contributed by atoms with van der Waals surface area (Å²) < 4.78 is 1.04. The first-order valence-electron chi connectivity index (χ1n) is 3.85. The molecule has 2 nitrogen and oxygen atoms in total. The lowest BCUT2D eigenvalue weighted by molar-refractivity contribution is 0.281. The van der Waals surface area contributed by atoms with Gasteiger partial charge in [-0.2, -0.15) is 0 Å². The Bertz CT molecular complexity index is 252. The molecule has 2 N–H and O–H groups in total. The van der Waals surface area contributed by atoms with Crippen molar-refractivity contribution >= 4 is 21.6 Å². The maximum atomic E-state index is 8.79. The first-order chi connectivity index (χ1) is 5.72. The summed E-state index contributed by atoms with van der Waals surface area (Å²) in [4.78, 5) is 0. The van der Waals surface area contributed by atoms with Gasteiger partial charge < -0.3 is 10.4 Å². The summed E-state index contributed by atoms with van der Waals surface area (Å²) in [5, 5.41) is 11.9. The molecule has 1 atom stereocenters. The number of rotatable bonds is 3. The minimum Gasteiger partial charge on any atom is -0.394 e. The summed E-state index contributed by atoms with van der Waals surface area (Å²) in [6, 6.07) is 7.97. The second-order valence-electron chi connectivity index (χ2n) is 2.74. The van der Waals surface area contributed by atoms with Gasteiger partial charge in [-0.1, -0.05) is 22.0 Å². The predicted molar refractivity (Wildman–Crippen MR) is 54.3 cm³/mol. The van der Waals surface area contributed by atoms with E-state index in [1.807, 2.05) is 31.2 Å². The fourth-order valence-electron chi connectivity index (χ4n) is 0.908. The number of hydrogen-bond donors (Lipinski definition) is 2. The number of aliphatic hydroxyl groups is 1. The average Bonchev–Trinajstić information content (AvgIpc) is 2.04. The molecule has 0 aromatic heterocycles. The molecule has 0 amide bonds. The fraction of sp³-hybridized carbons (Fsp3) is 0.333. The molecule has 1 aromatic carbocycles. The molecule has 1 aromatic rings. The zero-order valence-electron chi connectivity index (χ0n) is 6.92. The van der Waals surface area contributed by atoms with E-state index in [1.165, 1.54) is 0 Å². The molecule has 1 rings (SSSR count). The van der Waals surface area contributed by atoms with Gasteiger partial charge in [-0.15, -0.1) is 0 Å². The molecule has 0 aliphatic heterocycles. The second kappa shape index (κ2) is 4.48. The summed E-state index contributed by atoms with van der Waals surface area (Å²) in [7, 11) is 0. The minimum atomic E-state index is 0.0966. The zero-order valence-corrected chi connectivity index (χ0v) is 8.51. The van der Waals surface area contributed by atoms with Crippen LogP contribution in [0.3, 0.4) is 0 Å².